The van der Waals surface area contributed by atoms with Crippen LogP contribution in [0.1, 0.15) is 13.2 Å². The van der Waals surface area contributed by atoms with Crippen molar-refractivity contribution in [3.05, 3.63) is 12.7 Å². The van der Waals surface area contributed by atoms with Crippen LogP contribution in [0.2, 0.25) is 0 Å². The van der Waals surface area contributed by atoms with Gasteiger partial charge in [-0.25, -0.2) is 15.0 Å². The maximum Gasteiger partial charge on any atom is 0.167 e. The molecule has 2 aromatic rings. The molecule has 1 fully saturated rings. The number of thioether (sulfide) groups is 1. The molecular formula is C12H17N5O3S. The first kappa shape index (κ1) is 14.5. The van der Waals surface area contributed by atoms with Crippen molar-refractivity contribution in [3.63, 3.8) is 0 Å². The molecule has 0 aromatic carbocycles. The van der Waals surface area contributed by atoms with Gasteiger partial charge in [0.1, 0.15) is 17.9 Å². The van der Waals surface area contributed by atoms with Gasteiger partial charge in [0.05, 0.1) is 24.3 Å². The molecule has 21 heavy (non-hydrogen) atoms. The number of aliphatic hydroxyl groups excluding tert-OH is 2. The van der Waals surface area contributed by atoms with Gasteiger partial charge >= 0.3 is 0 Å². The molecule has 3 heterocycles. The van der Waals surface area contributed by atoms with Crippen LogP contribution < -0.4 is 5.73 Å². The maximum atomic E-state index is 10.3. The van der Waals surface area contributed by atoms with E-state index in [4.69, 9.17) is 10.5 Å². The number of fused-ring (bicyclic) bond motifs is 1. The van der Waals surface area contributed by atoms with Gasteiger partial charge in [-0.2, -0.15) is 11.8 Å². The standard InChI is InChI=1S/C12H17N5O3S/c1-2-21-9-8(19)6(3-18)20-12(9)17-5-16-7-10(13)14-4-15-11(7)17/h4-6,8-9,12,18-19H,2-3H2,1H3,(H2,13,14,15). The molecule has 3 rings (SSSR count). The summed E-state index contributed by atoms with van der Waals surface area (Å²) < 4.78 is 7.52. The molecule has 114 valence electrons. The summed E-state index contributed by atoms with van der Waals surface area (Å²) in [6.07, 6.45) is 1.13. The first-order valence-corrected chi connectivity index (χ1v) is 7.71. The summed E-state index contributed by atoms with van der Waals surface area (Å²) in [5, 5.41) is 19.4. The van der Waals surface area contributed by atoms with E-state index in [1.165, 1.54) is 6.33 Å². The van der Waals surface area contributed by atoms with Crippen molar-refractivity contribution in [2.24, 2.45) is 0 Å². The molecule has 1 saturated heterocycles. The molecule has 1 aliphatic rings. The van der Waals surface area contributed by atoms with Crippen LogP contribution in [0.4, 0.5) is 5.82 Å². The number of nitrogens with zero attached hydrogens (tertiary/aromatic N) is 4. The molecule has 4 atom stereocenters. The van der Waals surface area contributed by atoms with Gasteiger partial charge in [-0.05, 0) is 5.75 Å². The highest BCUT2D eigenvalue weighted by molar-refractivity contribution is 7.99. The van der Waals surface area contributed by atoms with Crippen LogP contribution in [0.5, 0.6) is 0 Å². The molecule has 0 spiro atoms. The Hall–Kier alpha value is -1.42. The monoisotopic (exact) mass is 311 g/mol. The minimum Gasteiger partial charge on any atom is -0.394 e. The molecule has 1 aliphatic heterocycles. The van der Waals surface area contributed by atoms with Crippen molar-refractivity contribution in [2.75, 3.05) is 18.1 Å². The Balaban J connectivity index is 2.02. The zero-order chi connectivity index (χ0) is 15.0. The van der Waals surface area contributed by atoms with E-state index in [-0.39, 0.29) is 11.9 Å². The Labute approximate surface area is 125 Å². The summed E-state index contributed by atoms with van der Waals surface area (Å²) >= 11 is 1.58. The van der Waals surface area contributed by atoms with Gasteiger partial charge in [-0.15, -0.1) is 0 Å². The molecular weight excluding hydrogens is 294 g/mol. The van der Waals surface area contributed by atoms with E-state index in [1.54, 1.807) is 22.7 Å². The molecule has 4 unspecified atom stereocenters. The molecule has 0 bridgehead atoms. The summed E-state index contributed by atoms with van der Waals surface area (Å²) in [5.41, 5.74) is 6.84. The van der Waals surface area contributed by atoms with Crippen LogP contribution in [0.3, 0.4) is 0 Å². The first-order chi connectivity index (χ1) is 10.2. The fraction of sp³-hybridized carbons (Fsp3) is 0.583. The van der Waals surface area contributed by atoms with Crippen molar-refractivity contribution in [2.45, 2.75) is 30.6 Å². The van der Waals surface area contributed by atoms with Crippen LogP contribution in [0.15, 0.2) is 12.7 Å². The fourth-order valence-electron chi connectivity index (χ4n) is 2.52. The van der Waals surface area contributed by atoms with Gasteiger partial charge in [-0.1, -0.05) is 6.92 Å². The minimum atomic E-state index is -0.749. The number of aliphatic hydroxyl groups is 2. The Morgan fingerprint density at radius 2 is 2.24 bits per heavy atom. The molecule has 2 aromatic heterocycles. The number of rotatable bonds is 4. The van der Waals surface area contributed by atoms with Crippen molar-refractivity contribution < 1.29 is 14.9 Å². The average molecular weight is 311 g/mol. The quantitative estimate of drug-likeness (QED) is 0.709. The predicted molar refractivity (Wildman–Crippen MR) is 78.7 cm³/mol. The second kappa shape index (κ2) is 5.76. The molecule has 0 saturated carbocycles. The number of anilines is 1. The zero-order valence-corrected chi connectivity index (χ0v) is 12.3. The number of aromatic nitrogens is 4. The van der Waals surface area contributed by atoms with E-state index in [0.717, 1.165) is 5.75 Å². The predicted octanol–water partition coefficient (Wildman–Crippen LogP) is -0.219. The highest BCUT2D eigenvalue weighted by Crippen LogP contribution is 2.38. The van der Waals surface area contributed by atoms with Gasteiger partial charge in [0.2, 0.25) is 0 Å². The van der Waals surface area contributed by atoms with Crippen LogP contribution in [-0.4, -0.2) is 59.5 Å². The Morgan fingerprint density at radius 3 is 2.95 bits per heavy atom. The number of nitrogen functional groups attached to an aromatic ring is 1. The SMILES string of the molecule is CCSC1C(O)C(CO)OC1n1cnc2c(N)ncnc21. The smallest absolute Gasteiger partial charge is 0.167 e. The van der Waals surface area contributed by atoms with Gasteiger partial charge in [0.15, 0.2) is 17.7 Å². The van der Waals surface area contributed by atoms with Gasteiger partial charge in [0, 0.05) is 0 Å². The van der Waals surface area contributed by atoms with Crippen LogP contribution in [0, 0.1) is 0 Å². The largest absolute Gasteiger partial charge is 0.394 e. The normalized spacial score (nSPS) is 29.3. The van der Waals surface area contributed by atoms with Crippen molar-refractivity contribution in [1.29, 1.82) is 0 Å². The van der Waals surface area contributed by atoms with Gasteiger partial charge in [0.25, 0.3) is 0 Å². The molecule has 9 heteroatoms. The van der Waals surface area contributed by atoms with E-state index in [1.807, 2.05) is 6.92 Å². The van der Waals surface area contributed by atoms with E-state index < -0.39 is 18.4 Å². The van der Waals surface area contributed by atoms with Gasteiger partial charge < -0.3 is 20.7 Å². The topological polar surface area (TPSA) is 119 Å². The van der Waals surface area contributed by atoms with Crippen LogP contribution >= 0.6 is 11.8 Å². The summed E-state index contributed by atoms with van der Waals surface area (Å²) in [5.74, 6) is 1.12. The van der Waals surface area contributed by atoms with E-state index in [9.17, 15) is 10.2 Å². The Morgan fingerprint density at radius 1 is 1.43 bits per heavy atom. The summed E-state index contributed by atoms with van der Waals surface area (Å²) in [6.45, 7) is 1.77. The lowest BCUT2D eigenvalue weighted by Gasteiger charge is -2.20. The van der Waals surface area contributed by atoms with Crippen molar-refractivity contribution in [3.8, 4) is 0 Å². The third-order valence-corrected chi connectivity index (χ3v) is 4.74. The lowest BCUT2D eigenvalue weighted by atomic mass is 10.2. The number of imidazole rings is 1. The minimum absolute atomic E-state index is 0.208. The van der Waals surface area contributed by atoms with E-state index in [2.05, 4.69) is 15.0 Å². The Bertz CT molecular complexity index is 636. The second-order valence-electron chi connectivity index (χ2n) is 4.74. The fourth-order valence-corrected chi connectivity index (χ4v) is 3.64. The van der Waals surface area contributed by atoms with E-state index >= 15 is 0 Å². The third-order valence-electron chi connectivity index (χ3n) is 3.51. The third kappa shape index (κ3) is 2.35. The number of hydrogen-bond donors (Lipinski definition) is 3. The van der Waals surface area contributed by atoms with Crippen LogP contribution in [-0.2, 0) is 4.74 Å². The summed E-state index contributed by atoms with van der Waals surface area (Å²) in [6, 6.07) is 0. The molecule has 0 amide bonds. The lowest BCUT2D eigenvalue weighted by molar-refractivity contribution is -0.0430. The van der Waals surface area contributed by atoms with Crippen LogP contribution in [0.25, 0.3) is 11.2 Å². The first-order valence-electron chi connectivity index (χ1n) is 6.66. The van der Waals surface area contributed by atoms with Gasteiger partial charge in [-0.3, -0.25) is 4.57 Å². The molecule has 8 nitrogen and oxygen atoms in total. The molecule has 4 N–H and O–H groups in total. The average Bonchev–Trinajstić information content (AvgIpc) is 3.03. The molecule has 0 radical (unpaired) electrons. The highest BCUT2D eigenvalue weighted by atomic mass is 32.2. The number of nitrogens with two attached hydrogens (primary N) is 1. The van der Waals surface area contributed by atoms with Crippen molar-refractivity contribution in [1.82, 2.24) is 19.5 Å². The highest BCUT2D eigenvalue weighted by Gasteiger charge is 2.44. The molecule has 0 aliphatic carbocycles. The zero-order valence-electron chi connectivity index (χ0n) is 11.5. The second-order valence-corrected chi connectivity index (χ2v) is 6.20. The summed E-state index contributed by atoms with van der Waals surface area (Å²) in [4.78, 5) is 12.3. The maximum absolute atomic E-state index is 10.3. The van der Waals surface area contributed by atoms with E-state index in [0.29, 0.717) is 17.0 Å². The summed E-state index contributed by atoms with van der Waals surface area (Å²) in [7, 11) is 0. The number of hydrogen-bond acceptors (Lipinski definition) is 8. The lowest BCUT2D eigenvalue weighted by Crippen LogP contribution is -2.31. The van der Waals surface area contributed by atoms with Crippen molar-refractivity contribution >= 4 is 28.7 Å². The Kier molecular flexibility index (Phi) is 3.98. The number of ether oxygens (including phenoxy) is 1.